The molecule has 0 saturated carbocycles. The Hall–Kier alpha value is -1.86. The minimum Gasteiger partial charge on any atom is -0.496 e. The quantitative estimate of drug-likeness (QED) is 0.880. The van der Waals surface area contributed by atoms with E-state index >= 15 is 0 Å². The summed E-state index contributed by atoms with van der Waals surface area (Å²) in [6.07, 6.45) is 0. The standard InChI is InChI=1S/C13H10BrNO4S/c1-19-9-3-2-7(6-8(9)14)15-12(16)10-4-5-11(20-10)13(17)18/h2-6H,1H3,(H,15,16)(H,17,18). The van der Waals surface area contributed by atoms with Gasteiger partial charge in [-0.2, -0.15) is 0 Å². The van der Waals surface area contributed by atoms with Gasteiger partial charge in [0.15, 0.2) is 0 Å². The van der Waals surface area contributed by atoms with Gasteiger partial charge in [-0.15, -0.1) is 11.3 Å². The molecule has 0 aliphatic carbocycles. The summed E-state index contributed by atoms with van der Waals surface area (Å²) in [7, 11) is 1.55. The first kappa shape index (κ1) is 14.5. The van der Waals surface area contributed by atoms with E-state index in [-0.39, 0.29) is 10.8 Å². The van der Waals surface area contributed by atoms with Crippen molar-refractivity contribution in [2.24, 2.45) is 0 Å². The number of thiophene rings is 1. The number of ether oxygens (including phenoxy) is 1. The molecule has 0 aliphatic heterocycles. The Morgan fingerprint density at radius 3 is 2.50 bits per heavy atom. The van der Waals surface area contributed by atoms with Crippen LogP contribution in [0.25, 0.3) is 0 Å². The molecule has 1 amide bonds. The van der Waals surface area contributed by atoms with Crippen LogP contribution in [0, 0.1) is 0 Å². The first-order chi connectivity index (χ1) is 9.51. The number of carboxylic acids is 1. The first-order valence-electron chi connectivity index (χ1n) is 5.49. The number of carbonyl (C=O) groups excluding carboxylic acids is 1. The van der Waals surface area contributed by atoms with Crippen molar-refractivity contribution in [2.45, 2.75) is 0 Å². The molecular weight excluding hydrogens is 346 g/mol. The second-order valence-corrected chi connectivity index (χ2v) is 5.71. The number of aromatic carboxylic acids is 1. The molecule has 0 spiro atoms. The number of carbonyl (C=O) groups is 2. The molecule has 1 heterocycles. The zero-order valence-corrected chi connectivity index (χ0v) is 12.7. The molecule has 2 aromatic rings. The zero-order chi connectivity index (χ0) is 14.7. The van der Waals surface area contributed by atoms with E-state index in [0.29, 0.717) is 16.3 Å². The summed E-state index contributed by atoms with van der Waals surface area (Å²) in [5.74, 6) is -0.729. The molecule has 5 nitrogen and oxygen atoms in total. The number of rotatable bonds is 4. The fourth-order valence-corrected chi connectivity index (χ4v) is 2.79. The van der Waals surface area contributed by atoms with Gasteiger partial charge < -0.3 is 15.2 Å². The maximum atomic E-state index is 12.0. The average Bonchev–Trinajstić information content (AvgIpc) is 2.88. The lowest BCUT2D eigenvalue weighted by Gasteiger charge is -2.07. The second kappa shape index (κ2) is 6.06. The number of carboxylic acid groups (broad SMARTS) is 1. The maximum absolute atomic E-state index is 12.0. The molecule has 0 unspecified atom stereocenters. The van der Waals surface area contributed by atoms with E-state index in [1.165, 1.54) is 12.1 Å². The number of hydrogen-bond donors (Lipinski definition) is 2. The van der Waals surface area contributed by atoms with Gasteiger partial charge in [0.2, 0.25) is 0 Å². The highest BCUT2D eigenvalue weighted by Crippen LogP contribution is 2.28. The summed E-state index contributed by atoms with van der Waals surface area (Å²) in [6, 6.07) is 8.03. The molecule has 0 aliphatic rings. The highest BCUT2D eigenvalue weighted by molar-refractivity contribution is 9.10. The number of halogens is 1. The van der Waals surface area contributed by atoms with Crippen LogP contribution in [-0.4, -0.2) is 24.1 Å². The minimum atomic E-state index is -1.04. The van der Waals surface area contributed by atoms with Crippen molar-refractivity contribution < 1.29 is 19.4 Å². The van der Waals surface area contributed by atoms with Crippen LogP contribution in [-0.2, 0) is 0 Å². The third-order valence-corrected chi connectivity index (χ3v) is 4.14. The van der Waals surface area contributed by atoms with E-state index in [9.17, 15) is 9.59 Å². The first-order valence-corrected chi connectivity index (χ1v) is 7.10. The molecular formula is C13H10BrNO4S. The molecule has 0 bridgehead atoms. The van der Waals surface area contributed by atoms with Gasteiger partial charge in [-0.05, 0) is 46.3 Å². The average molecular weight is 356 g/mol. The summed E-state index contributed by atoms with van der Waals surface area (Å²) < 4.78 is 5.81. The molecule has 2 rings (SSSR count). The van der Waals surface area contributed by atoms with Gasteiger partial charge in [-0.1, -0.05) is 0 Å². The van der Waals surface area contributed by atoms with Crippen LogP contribution in [0.3, 0.4) is 0 Å². The smallest absolute Gasteiger partial charge is 0.345 e. The molecule has 2 N–H and O–H groups in total. The number of nitrogens with one attached hydrogen (secondary N) is 1. The monoisotopic (exact) mass is 355 g/mol. The Bertz CT molecular complexity index is 668. The van der Waals surface area contributed by atoms with Crippen LogP contribution < -0.4 is 10.1 Å². The van der Waals surface area contributed by atoms with E-state index in [2.05, 4.69) is 21.2 Å². The van der Waals surface area contributed by atoms with Crippen LogP contribution in [0.2, 0.25) is 0 Å². The van der Waals surface area contributed by atoms with E-state index in [4.69, 9.17) is 9.84 Å². The number of methoxy groups -OCH3 is 1. The van der Waals surface area contributed by atoms with Gasteiger partial charge in [-0.3, -0.25) is 4.79 Å². The minimum absolute atomic E-state index is 0.131. The van der Waals surface area contributed by atoms with Crippen molar-refractivity contribution in [3.8, 4) is 5.75 Å². The molecule has 0 atom stereocenters. The van der Waals surface area contributed by atoms with Crippen LogP contribution in [0.1, 0.15) is 19.3 Å². The summed E-state index contributed by atoms with van der Waals surface area (Å²) >= 11 is 4.26. The number of hydrogen-bond acceptors (Lipinski definition) is 4. The third-order valence-electron chi connectivity index (χ3n) is 2.45. The Labute approximate surface area is 127 Å². The lowest BCUT2D eigenvalue weighted by atomic mass is 10.3. The SMILES string of the molecule is COc1ccc(NC(=O)c2ccc(C(=O)O)s2)cc1Br. The Morgan fingerprint density at radius 1 is 1.25 bits per heavy atom. The lowest BCUT2D eigenvalue weighted by Crippen LogP contribution is -2.10. The summed E-state index contributed by atoms with van der Waals surface area (Å²) in [6.45, 7) is 0. The van der Waals surface area contributed by atoms with Gasteiger partial charge in [0.25, 0.3) is 5.91 Å². The Kier molecular flexibility index (Phi) is 4.41. The van der Waals surface area contributed by atoms with Gasteiger partial charge in [0.05, 0.1) is 16.5 Å². The van der Waals surface area contributed by atoms with Gasteiger partial charge in [-0.25, -0.2) is 4.79 Å². The summed E-state index contributed by atoms with van der Waals surface area (Å²) in [5, 5.41) is 11.5. The number of benzene rings is 1. The Morgan fingerprint density at radius 2 is 1.95 bits per heavy atom. The lowest BCUT2D eigenvalue weighted by molar-refractivity contribution is 0.0702. The molecule has 0 radical (unpaired) electrons. The highest BCUT2D eigenvalue weighted by atomic mass is 79.9. The predicted molar refractivity (Wildman–Crippen MR) is 79.9 cm³/mol. The Balaban J connectivity index is 2.14. The topological polar surface area (TPSA) is 75.6 Å². The zero-order valence-electron chi connectivity index (χ0n) is 10.3. The van der Waals surface area contributed by atoms with Crippen LogP contribution in [0.5, 0.6) is 5.75 Å². The van der Waals surface area contributed by atoms with Gasteiger partial charge >= 0.3 is 5.97 Å². The second-order valence-electron chi connectivity index (χ2n) is 3.77. The normalized spacial score (nSPS) is 10.1. The molecule has 7 heteroatoms. The highest BCUT2D eigenvalue weighted by Gasteiger charge is 2.13. The van der Waals surface area contributed by atoms with Gasteiger partial charge in [0.1, 0.15) is 10.6 Å². The van der Waals surface area contributed by atoms with E-state index in [1.54, 1.807) is 25.3 Å². The van der Waals surface area contributed by atoms with Crippen molar-refractivity contribution in [3.63, 3.8) is 0 Å². The van der Waals surface area contributed by atoms with E-state index in [0.717, 1.165) is 15.8 Å². The van der Waals surface area contributed by atoms with Crippen LogP contribution >= 0.6 is 27.3 Å². The molecule has 1 aromatic heterocycles. The number of amides is 1. The van der Waals surface area contributed by atoms with Crippen molar-refractivity contribution in [1.29, 1.82) is 0 Å². The van der Waals surface area contributed by atoms with Crippen molar-refractivity contribution >= 4 is 44.8 Å². The molecule has 20 heavy (non-hydrogen) atoms. The van der Waals surface area contributed by atoms with Crippen molar-refractivity contribution in [3.05, 3.63) is 44.6 Å². The van der Waals surface area contributed by atoms with Crippen molar-refractivity contribution in [1.82, 2.24) is 0 Å². The molecule has 0 fully saturated rings. The van der Waals surface area contributed by atoms with E-state index < -0.39 is 5.97 Å². The summed E-state index contributed by atoms with van der Waals surface area (Å²) in [5.41, 5.74) is 0.591. The van der Waals surface area contributed by atoms with Gasteiger partial charge in [0, 0.05) is 5.69 Å². The van der Waals surface area contributed by atoms with Crippen molar-refractivity contribution in [2.75, 3.05) is 12.4 Å². The van der Waals surface area contributed by atoms with Crippen LogP contribution in [0.4, 0.5) is 5.69 Å². The molecule has 0 saturated heterocycles. The molecule has 104 valence electrons. The summed E-state index contributed by atoms with van der Waals surface area (Å²) in [4.78, 5) is 23.2. The fraction of sp³-hybridized carbons (Fsp3) is 0.0769. The predicted octanol–water partition coefficient (Wildman–Crippen LogP) is 3.47. The van der Waals surface area contributed by atoms with Crippen LogP contribution in [0.15, 0.2) is 34.8 Å². The van der Waals surface area contributed by atoms with E-state index in [1.807, 2.05) is 0 Å². The fourth-order valence-electron chi connectivity index (χ4n) is 1.51. The maximum Gasteiger partial charge on any atom is 0.345 e. The third kappa shape index (κ3) is 3.17. The number of anilines is 1. The molecule has 1 aromatic carbocycles. The largest absolute Gasteiger partial charge is 0.496 e.